The maximum Gasteiger partial charge on any atom is 0.227 e. The Kier molecular flexibility index (Phi) is 8.80. The first kappa shape index (κ1) is 30.3. The molecular formula is C32H27F4N7OS. The summed E-state index contributed by atoms with van der Waals surface area (Å²) in [6, 6.07) is 11.1. The van der Waals surface area contributed by atoms with Crippen LogP contribution < -0.4 is 10.2 Å². The van der Waals surface area contributed by atoms with Crippen LogP contribution in [-0.4, -0.2) is 52.5 Å². The number of hydrogen-bond donors (Lipinski definition) is 1. The maximum absolute atomic E-state index is 14.9. The zero-order valence-corrected chi connectivity index (χ0v) is 25.1. The second-order valence-electron chi connectivity index (χ2n) is 10.5. The fourth-order valence-corrected chi connectivity index (χ4v) is 5.73. The number of aliphatic imine (C=N–C) groups is 1. The normalized spacial score (nSPS) is 13.6. The molecule has 1 fully saturated rings. The molecule has 0 aliphatic carbocycles. The first-order valence-electron chi connectivity index (χ1n) is 14.1. The lowest BCUT2D eigenvalue weighted by atomic mass is 10.1. The molecule has 1 N–H and O–H groups in total. The van der Waals surface area contributed by atoms with Gasteiger partial charge in [0, 0.05) is 43.0 Å². The van der Waals surface area contributed by atoms with E-state index in [0.29, 0.717) is 53.8 Å². The zero-order chi connectivity index (χ0) is 31.5. The quantitative estimate of drug-likeness (QED) is 0.139. The van der Waals surface area contributed by atoms with Crippen LogP contribution in [0.2, 0.25) is 0 Å². The van der Waals surface area contributed by atoms with Crippen LogP contribution in [0.3, 0.4) is 0 Å². The van der Waals surface area contributed by atoms with Crippen molar-refractivity contribution in [3.05, 3.63) is 94.8 Å². The molecule has 2 aromatic carbocycles. The monoisotopic (exact) mass is 633 g/mol. The number of thiazole rings is 1. The van der Waals surface area contributed by atoms with E-state index in [1.165, 1.54) is 60.3 Å². The fourth-order valence-electron chi connectivity index (χ4n) is 4.67. The van der Waals surface area contributed by atoms with Crippen molar-refractivity contribution in [1.82, 2.24) is 19.9 Å². The standard InChI is InChI=1S/C32H27F4N7OS/c1-18(2)31-42-28(20-13-23(34)27(36)26(14-20)38-16-19-4-3-5-21(33)12-19)29(45-31)25-6-7-37-32(41-25)40-22-15-24(35)30(39-17-22)43-8-10-44-11-9-43/h3-7,12-18H,8-11H2,1-2H3,(H,37,40,41). The number of hydrogen-bond acceptors (Lipinski definition) is 9. The topological polar surface area (TPSA) is 88.4 Å². The molecule has 0 spiro atoms. The fraction of sp³-hybridized carbons (Fsp3) is 0.219. The van der Waals surface area contributed by atoms with Gasteiger partial charge in [-0.2, -0.15) is 0 Å². The van der Waals surface area contributed by atoms with Crippen LogP contribution in [0.25, 0.3) is 21.8 Å². The summed E-state index contributed by atoms with van der Waals surface area (Å²) in [5.41, 5.74) is 1.63. The van der Waals surface area contributed by atoms with Crippen molar-refractivity contribution in [2.75, 3.05) is 36.5 Å². The van der Waals surface area contributed by atoms with Crippen molar-refractivity contribution in [3.8, 4) is 21.8 Å². The Morgan fingerprint density at radius 1 is 0.978 bits per heavy atom. The van der Waals surface area contributed by atoms with Crippen LogP contribution in [0.15, 0.2) is 65.9 Å². The number of ether oxygens (including phenoxy) is 1. The molecule has 8 nitrogen and oxygen atoms in total. The minimum atomic E-state index is -1.14. The van der Waals surface area contributed by atoms with Gasteiger partial charge in [0.25, 0.3) is 0 Å². The summed E-state index contributed by atoms with van der Waals surface area (Å²) in [5.74, 6) is -2.73. The van der Waals surface area contributed by atoms with Gasteiger partial charge in [-0.15, -0.1) is 11.3 Å². The molecule has 1 aliphatic heterocycles. The number of pyridine rings is 1. The second-order valence-corrected chi connectivity index (χ2v) is 11.5. The van der Waals surface area contributed by atoms with Crippen LogP contribution in [0.4, 0.5) is 40.7 Å². The highest BCUT2D eigenvalue weighted by molar-refractivity contribution is 7.15. The third-order valence-corrected chi connectivity index (χ3v) is 8.28. The van der Waals surface area contributed by atoms with Gasteiger partial charge in [0.2, 0.25) is 5.95 Å². The maximum atomic E-state index is 14.9. The zero-order valence-electron chi connectivity index (χ0n) is 24.3. The van der Waals surface area contributed by atoms with Crippen LogP contribution in [0.1, 0.15) is 30.3 Å². The molecule has 5 aromatic rings. The van der Waals surface area contributed by atoms with Crippen molar-refractivity contribution >= 4 is 40.7 Å². The van der Waals surface area contributed by atoms with Crippen LogP contribution >= 0.6 is 11.3 Å². The van der Waals surface area contributed by atoms with Crippen molar-refractivity contribution in [1.29, 1.82) is 0 Å². The van der Waals surface area contributed by atoms with Crippen molar-refractivity contribution in [2.45, 2.75) is 19.8 Å². The van der Waals surface area contributed by atoms with Crippen LogP contribution in [-0.2, 0) is 4.74 Å². The van der Waals surface area contributed by atoms with Gasteiger partial charge in [0.1, 0.15) is 11.5 Å². The molecule has 0 atom stereocenters. The summed E-state index contributed by atoms with van der Waals surface area (Å²) in [5, 5.41) is 3.75. The molecule has 0 bridgehead atoms. The van der Waals surface area contributed by atoms with E-state index in [4.69, 9.17) is 9.72 Å². The first-order chi connectivity index (χ1) is 21.7. The van der Waals surface area contributed by atoms with Crippen molar-refractivity contribution in [2.24, 2.45) is 4.99 Å². The van der Waals surface area contributed by atoms with E-state index < -0.39 is 23.3 Å². The van der Waals surface area contributed by atoms with Gasteiger partial charge >= 0.3 is 0 Å². The Bertz CT molecular complexity index is 1870. The Hall–Kier alpha value is -4.75. The smallest absolute Gasteiger partial charge is 0.227 e. The molecule has 0 saturated carbocycles. The van der Waals surface area contributed by atoms with Gasteiger partial charge < -0.3 is 15.0 Å². The summed E-state index contributed by atoms with van der Waals surface area (Å²) in [6.45, 7) is 6.07. The highest BCUT2D eigenvalue weighted by atomic mass is 32.1. The predicted octanol–water partition coefficient (Wildman–Crippen LogP) is 7.67. The highest BCUT2D eigenvalue weighted by Gasteiger charge is 2.22. The molecule has 45 heavy (non-hydrogen) atoms. The van der Waals surface area contributed by atoms with E-state index >= 15 is 0 Å². The van der Waals surface area contributed by atoms with E-state index in [1.54, 1.807) is 12.1 Å². The van der Waals surface area contributed by atoms with E-state index in [2.05, 4.69) is 25.3 Å². The third kappa shape index (κ3) is 6.84. The Morgan fingerprint density at radius 3 is 2.56 bits per heavy atom. The van der Waals surface area contributed by atoms with Crippen LogP contribution in [0.5, 0.6) is 0 Å². The Labute approximate surface area is 260 Å². The van der Waals surface area contributed by atoms with Gasteiger partial charge in [-0.25, -0.2) is 37.5 Å². The van der Waals surface area contributed by atoms with E-state index in [1.807, 2.05) is 18.7 Å². The summed E-state index contributed by atoms with van der Waals surface area (Å²) in [7, 11) is 0. The molecule has 4 heterocycles. The average molecular weight is 634 g/mol. The van der Waals surface area contributed by atoms with E-state index in [0.717, 1.165) is 11.1 Å². The number of rotatable bonds is 8. The molecule has 1 aliphatic rings. The molecular weight excluding hydrogens is 606 g/mol. The highest BCUT2D eigenvalue weighted by Crippen LogP contribution is 2.40. The first-order valence-corrected chi connectivity index (χ1v) is 15.0. The van der Waals surface area contributed by atoms with Gasteiger partial charge in [-0.05, 0) is 35.9 Å². The van der Waals surface area contributed by atoms with E-state index in [9.17, 15) is 17.6 Å². The molecule has 0 radical (unpaired) electrons. The summed E-state index contributed by atoms with van der Waals surface area (Å²) in [4.78, 5) is 24.5. The molecule has 1 saturated heterocycles. The average Bonchev–Trinajstić information content (AvgIpc) is 3.49. The van der Waals surface area contributed by atoms with Crippen molar-refractivity contribution < 1.29 is 22.3 Å². The molecule has 0 amide bonds. The number of nitrogens with one attached hydrogen (secondary N) is 1. The number of benzene rings is 2. The minimum Gasteiger partial charge on any atom is -0.378 e. The number of anilines is 3. The number of halogens is 4. The third-order valence-electron chi connectivity index (χ3n) is 6.90. The molecule has 6 rings (SSSR count). The van der Waals surface area contributed by atoms with Crippen molar-refractivity contribution in [3.63, 3.8) is 0 Å². The number of morpholine rings is 1. The summed E-state index contributed by atoms with van der Waals surface area (Å²) < 4.78 is 63.6. The molecule has 0 unspecified atom stereocenters. The van der Waals surface area contributed by atoms with Gasteiger partial charge in [-0.3, -0.25) is 4.99 Å². The van der Waals surface area contributed by atoms with Gasteiger partial charge in [-0.1, -0.05) is 26.0 Å². The van der Waals surface area contributed by atoms with Gasteiger partial charge in [0.15, 0.2) is 23.3 Å². The SMILES string of the molecule is CC(C)c1nc(-c2cc(F)c(F)c(N=Cc3cccc(F)c3)c2)c(-c2ccnc(Nc3cnc(N4CCOCC4)c(F)c3)n2)s1. The lowest BCUT2D eigenvalue weighted by Gasteiger charge is -2.28. The second kappa shape index (κ2) is 13.1. The largest absolute Gasteiger partial charge is 0.378 e. The lowest BCUT2D eigenvalue weighted by Crippen LogP contribution is -2.37. The predicted molar refractivity (Wildman–Crippen MR) is 167 cm³/mol. The summed E-state index contributed by atoms with van der Waals surface area (Å²) in [6.07, 6.45) is 4.31. The van der Waals surface area contributed by atoms with Crippen LogP contribution in [0, 0.1) is 23.3 Å². The lowest BCUT2D eigenvalue weighted by molar-refractivity contribution is 0.122. The van der Waals surface area contributed by atoms with E-state index in [-0.39, 0.29) is 28.9 Å². The minimum absolute atomic E-state index is 0.0386. The Morgan fingerprint density at radius 2 is 1.80 bits per heavy atom. The number of nitrogens with zero attached hydrogens (tertiary/aromatic N) is 6. The molecule has 230 valence electrons. The Balaban J connectivity index is 1.33. The van der Waals surface area contributed by atoms with Gasteiger partial charge in [0.05, 0.1) is 46.4 Å². The summed E-state index contributed by atoms with van der Waals surface area (Å²) >= 11 is 1.36. The molecule has 3 aromatic heterocycles. The molecule has 13 heteroatoms. The number of aromatic nitrogens is 4.